The molecule has 2 heterocycles. The van der Waals surface area contributed by atoms with Crippen molar-refractivity contribution < 1.29 is 18.3 Å². The number of rotatable bonds is 5. The smallest absolute Gasteiger partial charge is 0.345 e. The third kappa shape index (κ3) is 4.43. The average Bonchev–Trinajstić information content (AvgIpc) is 3.15. The van der Waals surface area contributed by atoms with Gasteiger partial charge in [-0.15, -0.1) is 0 Å². The van der Waals surface area contributed by atoms with Gasteiger partial charge in [0, 0.05) is 31.9 Å². The SMILES string of the molecule is Cc1cc(C(=O)N2CCN(C3=CC(OC(F)F)CC=C3)CC2)n(-c2ccccc2)n1. The van der Waals surface area contributed by atoms with E-state index in [9.17, 15) is 13.6 Å². The quantitative estimate of drug-likeness (QED) is 0.753. The van der Waals surface area contributed by atoms with Crippen molar-refractivity contribution in [3.8, 4) is 5.69 Å². The van der Waals surface area contributed by atoms with Crippen LogP contribution < -0.4 is 0 Å². The fourth-order valence-corrected chi connectivity index (χ4v) is 3.82. The molecule has 6 nitrogen and oxygen atoms in total. The van der Waals surface area contributed by atoms with Crippen LogP contribution in [0.4, 0.5) is 8.78 Å². The number of para-hydroxylation sites is 1. The molecule has 1 aromatic heterocycles. The van der Waals surface area contributed by atoms with E-state index in [-0.39, 0.29) is 5.91 Å². The topological polar surface area (TPSA) is 50.6 Å². The number of amides is 1. The van der Waals surface area contributed by atoms with Crippen molar-refractivity contribution in [2.75, 3.05) is 26.2 Å². The van der Waals surface area contributed by atoms with Gasteiger partial charge in [-0.2, -0.15) is 13.9 Å². The molecule has 158 valence electrons. The molecule has 0 saturated carbocycles. The Hall–Kier alpha value is -3.00. The highest BCUT2D eigenvalue weighted by atomic mass is 19.3. The summed E-state index contributed by atoms with van der Waals surface area (Å²) in [6, 6.07) is 11.4. The molecule has 4 rings (SSSR count). The van der Waals surface area contributed by atoms with Gasteiger partial charge in [0.25, 0.3) is 5.91 Å². The maximum atomic E-state index is 13.2. The first-order chi connectivity index (χ1) is 14.5. The summed E-state index contributed by atoms with van der Waals surface area (Å²) in [6.07, 6.45) is 5.33. The third-order valence-corrected chi connectivity index (χ3v) is 5.27. The summed E-state index contributed by atoms with van der Waals surface area (Å²) in [5.74, 6) is -0.0637. The van der Waals surface area contributed by atoms with Crippen LogP contribution in [-0.2, 0) is 4.74 Å². The normalized spacial score (nSPS) is 19.3. The molecule has 1 saturated heterocycles. The van der Waals surface area contributed by atoms with Gasteiger partial charge < -0.3 is 14.5 Å². The molecule has 1 aliphatic heterocycles. The molecule has 30 heavy (non-hydrogen) atoms. The molecule has 1 aromatic carbocycles. The second kappa shape index (κ2) is 8.79. The molecule has 1 atom stereocenters. The van der Waals surface area contributed by atoms with Crippen molar-refractivity contribution in [1.82, 2.24) is 19.6 Å². The second-order valence-electron chi connectivity index (χ2n) is 7.36. The van der Waals surface area contributed by atoms with Crippen molar-refractivity contribution >= 4 is 5.91 Å². The van der Waals surface area contributed by atoms with Gasteiger partial charge in [-0.05, 0) is 43.7 Å². The fraction of sp³-hybridized carbons (Fsp3) is 0.364. The van der Waals surface area contributed by atoms with Gasteiger partial charge in [0.15, 0.2) is 0 Å². The van der Waals surface area contributed by atoms with E-state index in [1.165, 1.54) is 0 Å². The molecular weight excluding hydrogens is 390 g/mol. The van der Waals surface area contributed by atoms with Crippen LogP contribution in [-0.4, -0.2) is 64.4 Å². The van der Waals surface area contributed by atoms with E-state index >= 15 is 0 Å². The highest BCUT2D eigenvalue weighted by molar-refractivity contribution is 5.93. The number of carbonyl (C=O) groups is 1. The van der Waals surface area contributed by atoms with E-state index in [4.69, 9.17) is 0 Å². The monoisotopic (exact) mass is 414 g/mol. The molecule has 1 unspecified atom stereocenters. The largest absolute Gasteiger partial charge is 0.368 e. The van der Waals surface area contributed by atoms with Crippen molar-refractivity contribution in [1.29, 1.82) is 0 Å². The third-order valence-electron chi connectivity index (χ3n) is 5.27. The zero-order valence-electron chi connectivity index (χ0n) is 16.7. The maximum Gasteiger partial charge on any atom is 0.345 e. The number of halogens is 2. The van der Waals surface area contributed by atoms with Gasteiger partial charge in [-0.1, -0.05) is 24.3 Å². The minimum Gasteiger partial charge on any atom is -0.368 e. The Balaban J connectivity index is 1.43. The molecule has 2 aromatic rings. The zero-order valence-corrected chi connectivity index (χ0v) is 16.7. The van der Waals surface area contributed by atoms with Gasteiger partial charge in [0.05, 0.1) is 17.5 Å². The highest BCUT2D eigenvalue weighted by Crippen LogP contribution is 2.21. The number of benzene rings is 1. The average molecular weight is 414 g/mol. The predicted molar refractivity (Wildman–Crippen MR) is 108 cm³/mol. The first kappa shape index (κ1) is 20.3. The number of alkyl halides is 2. The van der Waals surface area contributed by atoms with Crippen molar-refractivity contribution in [3.05, 3.63) is 71.7 Å². The Kier molecular flexibility index (Phi) is 5.94. The molecular formula is C22H24F2N4O2. The van der Waals surface area contributed by atoms with Crippen LogP contribution in [0.2, 0.25) is 0 Å². The number of piperazine rings is 1. The van der Waals surface area contributed by atoms with Gasteiger partial charge in [-0.25, -0.2) is 4.68 Å². The second-order valence-corrected chi connectivity index (χ2v) is 7.36. The van der Waals surface area contributed by atoms with Crippen molar-refractivity contribution in [3.63, 3.8) is 0 Å². The van der Waals surface area contributed by atoms with E-state index < -0.39 is 12.7 Å². The van der Waals surface area contributed by atoms with E-state index in [2.05, 4.69) is 14.7 Å². The van der Waals surface area contributed by atoms with Crippen LogP contribution in [0.5, 0.6) is 0 Å². The number of ether oxygens (including phenoxy) is 1. The molecule has 0 N–H and O–H groups in total. The summed E-state index contributed by atoms with van der Waals surface area (Å²) in [7, 11) is 0. The Morgan fingerprint density at radius 3 is 2.60 bits per heavy atom. The van der Waals surface area contributed by atoms with Gasteiger partial charge in [-0.3, -0.25) is 4.79 Å². The number of aromatic nitrogens is 2. The Morgan fingerprint density at radius 2 is 1.90 bits per heavy atom. The zero-order chi connectivity index (χ0) is 21.1. The fourth-order valence-electron chi connectivity index (χ4n) is 3.82. The summed E-state index contributed by atoms with van der Waals surface area (Å²) in [6.45, 7) is 1.43. The number of hydrogen-bond donors (Lipinski definition) is 0. The van der Waals surface area contributed by atoms with Crippen LogP contribution in [0.25, 0.3) is 5.69 Å². The minimum atomic E-state index is -2.79. The summed E-state index contributed by atoms with van der Waals surface area (Å²) >= 11 is 0. The molecule has 0 spiro atoms. The first-order valence-corrected chi connectivity index (χ1v) is 9.99. The van der Waals surface area contributed by atoms with Crippen LogP contribution >= 0.6 is 0 Å². The van der Waals surface area contributed by atoms with E-state index in [1.54, 1.807) is 16.8 Å². The van der Waals surface area contributed by atoms with Crippen LogP contribution in [0.15, 0.2) is 60.3 Å². The van der Waals surface area contributed by atoms with Crippen molar-refractivity contribution in [2.45, 2.75) is 26.1 Å². The van der Waals surface area contributed by atoms with Crippen LogP contribution in [0.3, 0.4) is 0 Å². The number of carbonyl (C=O) groups excluding carboxylic acids is 1. The van der Waals surface area contributed by atoms with Crippen LogP contribution in [0.1, 0.15) is 22.6 Å². The lowest BCUT2D eigenvalue weighted by molar-refractivity contribution is -0.149. The first-order valence-electron chi connectivity index (χ1n) is 9.99. The van der Waals surface area contributed by atoms with Gasteiger partial charge in [0.2, 0.25) is 0 Å². The summed E-state index contributed by atoms with van der Waals surface area (Å²) in [5.41, 5.74) is 3.03. The predicted octanol–water partition coefficient (Wildman–Crippen LogP) is 3.39. The number of nitrogens with zero attached hydrogens (tertiary/aromatic N) is 4. The maximum absolute atomic E-state index is 13.2. The lowest BCUT2D eigenvalue weighted by atomic mass is 10.1. The highest BCUT2D eigenvalue weighted by Gasteiger charge is 2.27. The standard InChI is InChI=1S/C22H24F2N4O2/c1-16-14-20(28(25-16)17-6-3-2-4-7-17)21(29)27-12-10-26(11-13-27)18-8-5-9-19(15-18)30-22(23)24/h2-8,14-15,19,22H,9-13H2,1H3. The number of hydrogen-bond acceptors (Lipinski definition) is 4. The lowest BCUT2D eigenvalue weighted by Crippen LogP contribution is -2.48. The number of aryl methyl sites for hydroxylation is 1. The molecule has 0 radical (unpaired) electrons. The summed E-state index contributed by atoms with van der Waals surface area (Å²) in [5, 5.41) is 4.48. The Labute approximate surface area is 174 Å². The lowest BCUT2D eigenvalue weighted by Gasteiger charge is -2.37. The van der Waals surface area contributed by atoms with Crippen LogP contribution in [0, 0.1) is 6.92 Å². The van der Waals surface area contributed by atoms with E-state index in [0.29, 0.717) is 38.3 Å². The van der Waals surface area contributed by atoms with E-state index in [0.717, 1.165) is 17.1 Å². The minimum absolute atomic E-state index is 0.0637. The Bertz CT molecular complexity index is 947. The van der Waals surface area contributed by atoms with Crippen molar-refractivity contribution in [2.24, 2.45) is 0 Å². The molecule has 1 aliphatic carbocycles. The Morgan fingerprint density at radius 1 is 1.17 bits per heavy atom. The molecule has 1 fully saturated rings. The molecule has 0 bridgehead atoms. The molecule has 1 amide bonds. The van der Waals surface area contributed by atoms with Gasteiger partial charge in [0.1, 0.15) is 5.69 Å². The summed E-state index contributed by atoms with van der Waals surface area (Å²) in [4.78, 5) is 17.1. The van der Waals surface area contributed by atoms with E-state index in [1.807, 2.05) is 54.3 Å². The number of allylic oxidation sites excluding steroid dienone is 1. The van der Waals surface area contributed by atoms with Gasteiger partial charge >= 0.3 is 6.61 Å². The summed E-state index contributed by atoms with van der Waals surface area (Å²) < 4.78 is 31.3. The molecule has 8 heteroatoms. The molecule has 2 aliphatic rings.